The molecule has 1 N–H and O–H groups in total. The van der Waals surface area contributed by atoms with E-state index >= 15 is 0 Å². The SMILES string of the molecule is C[C@H](O)CCC[N+](C)(C)C. The summed E-state index contributed by atoms with van der Waals surface area (Å²) < 4.78 is 0.993. The minimum atomic E-state index is -0.133. The molecule has 0 fully saturated rings. The summed E-state index contributed by atoms with van der Waals surface area (Å²) >= 11 is 0. The van der Waals surface area contributed by atoms with Crippen molar-refractivity contribution in [1.82, 2.24) is 0 Å². The Hall–Kier alpha value is -0.0800. The van der Waals surface area contributed by atoms with Crippen LogP contribution in [0.25, 0.3) is 0 Å². The molecule has 0 bridgehead atoms. The van der Waals surface area contributed by atoms with Crippen LogP contribution in [0.5, 0.6) is 0 Å². The Labute approximate surface area is 64.1 Å². The maximum Gasteiger partial charge on any atom is 0.0781 e. The monoisotopic (exact) mass is 146 g/mol. The molecule has 10 heavy (non-hydrogen) atoms. The Morgan fingerprint density at radius 2 is 1.80 bits per heavy atom. The average Bonchev–Trinajstić information content (AvgIpc) is 1.59. The molecule has 0 heterocycles. The zero-order chi connectivity index (χ0) is 8.20. The van der Waals surface area contributed by atoms with Gasteiger partial charge in [-0.1, -0.05) is 0 Å². The molecule has 0 aliphatic heterocycles. The second-order valence-electron chi connectivity index (χ2n) is 4.01. The molecule has 2 heteroatoms. The molecule has 0 spiro atoms. The quantitative estimate of drug-likeness (QED) is 0.583. The summed E-state index contributed by atoms with van der Waals surface area (Å²) in [6, 6.07) is 0. The van der Waals surface area contributed by atoms with Crippen molar-refractivity contribution in [3.63, 3.8) is 0 Å². The maximum absolute atomic E-state index is 8.94. The number of aliphatic hydroxyl groups is 1. The molecule has 0 unspecified atom stereocenters. The van der Waals surface area contributed by atoms with Gasteiger partial charge in [-0.05, 0) is 19.8 Å². The highest BCUT2D eigenvalue weighted by molar-refractivity contribution is 4.45. The number of hydrogen-bond donors (Lipinski definition) is 1. The molecule has 0 amide bonds. The molecule has 0 aliphatic rings. The smallest absolute Gasteiger partial charge is 0.0781 e. The molecule has 0 radical (unpaired) electrons. The van der Waals surface area contributed by atoms with Gasteiger partial charge in [0.25, 0.3) is 0 Å². The van der Waals surface area contributed by atoms with Gasteiger partial charge in [0.05, 0.1) is 33.8 Å². The van der Waals surface area contributed by atoms with Gasteiger partial charge in [-0.25, -0.2) is 0 Å². The Bertz CT molecular complexity index is 83.7. The van der Waals surface area contributed by atoms with Crippen LogP contribution >= 0.6 is 0 Å². The number of aliphatic hydroxyl groups excluding tert-OH is 1. The molecule has 0 saturated heterocycles. The average molecular weight is 146 g/mol. The van der Waals surface area contributed by atoms with Crippen LogP contribution in [0.4, 0.5) is 0 Å². The highest BCUT2D eigenvalue weighted by Gasteiger charge is 2.06. The van der Waals surface area contributed by atoms with E-state index in [1.54, 1.807) is 0 Å². The molecule has 0 saturated carbocycles. The van der Waals surface area contributed by atoms with Crippen molar-refractivity contribution in [2.75, 3.05) is 27.7 Å². The van der Waals surface area contributed by atoms with Crippen molar-refractivity contribution in [1.29, 1.82) is 0 Å². The molecule has 0 aromatic heterocycles. The first-order valence-corrected chi connectivity index (χ1v) is 3.90. The first-order chi connectivity index (χ1) is 4.42. The predicted octanol–water partition coefficient (Wildman–Crippen LogP) is 0.854. The standard InChI is InChI=1S/C8H20NO/c1-8(10)6-5-7-9(2,3)4/h8,10H,5-7H2,1-4H3/q+1/t8-/m0/s1. The van der Waals surface area contributed by atoms with Crippen LogP contribution in [0, 0.1) is 0 Å². The van der Waals surface area contributed by atoms with Crippen LogP contribution in [-0.4, -0.2) is 43.4 Å². The van der Waals surface area contributed by atoms with E-state index in [4.69, 9.17) is 5.11 Å². The minimum Gasteiger partial charge on any atom is -0.393 e. The molecule has 0 rings (SSSR count). The van der Waals surface area contributed by atoms with Gasteiger partial charge in [0.2, 0.25) is 0 Å². The third-order valence-corrected chi connectivity index (χ3v) is 1.45. The highest BCUT2D eigenvalue weighted by atomic mass is 16.3. The minimum absolute atomic E-state index is 0.133. The van der Waals surface area contributed by atoms with Crippen molar-refractivity contribution >= 4 is 0 Å². The van der Waals surface area contributed by atoms with Gasteiger partial charge >= 0.3 is 0 Å². The van der Waals surface area contributed by atoms with Gasteiger partial charge in [0, 0.05) is 0 Å². The Balaban J connectivity index is 3.21. The number of rotatable bonds is 4. The Kier molecular flexibility index (Phi) is 3.91. The molecule has 0 aliphatic carbocycles. The summed E-state index contributed by atoms with van der Waals surface area (Å²) in [4.78, 5) is 0. The first-order valence-electron chi connectivity index (χ1n) is 3.90. The molecular formula is C8H20NO+. The maximum atomic E-state index is 8.94. The van der Waals surface area contributed by atoms with Crippen LogP contribution in [0.2, 0.25) is 0 Å². The summed E-state index contributed by atoms with van der Waals surface area (Å²) in [6.07, 6.45) is 1.91. The molecule has 2 nitrogen and oxygen atoms in total. The summed E-state index contributed by atoms with van der Waals surface area (Å²) in [5.74, 6) is 0. The molecule has 62 valence electrons. The highest BCUT2D eigenvalue weighted by Crippen LogP contribution is 2.00. The normalized spacial score (nSPS) is 15.3. The Morgan fingerprint density at radius 3 is 2.10 bits per heavy atom. The van der Waals surface area contributed by atoms with Crippen LogP contribution in [-0.2, 0) is 0 Å². The van der Waals surface area contributed by atoms with Gasteiger partial charge in [0.15, 0.2) is 0 Å². The van der Waals surface area contributed by atoms with Gasteiger partial charge in [-0.2, -0.15) is 0 Å². The summed E-state index contributed by atoms with van der Waals surface area (Å²) in [5, 5.41) is 8.94. The zero-order valence-electron chi connectivity index (χ0n) is 7.59. The van der Waals surface area contributed by atoms with E-state index in [1.807, 2.05) is 6.92 Å². The molecule has 0 aromatic carbocycles. The van der Waals surface area contributed by atoms with Gasteiger partial charge in [-0.15, -0.1) is 0 Å². The van der Waals surface area contributed by atoms with Crippen LogP contribution in [0.3, 0.4) is 0 Å². The van der Waals surface area contributed by atoms with E-state index in [1.165, 1.54) is 0 Å². The van der Waals surface area contributed by atoms with Crippen molar-refractivity contribution in [2.24, 2.45) is 0 Å². The van der Waals surface area contributed by atoms with Gasteiger partial charge in [0.1, 0.15) is 0 Å². The molecular weight excluding hydrogens is 126 g/mol. The summed E-state index contributed by atoms with van der Waals surface area (Å²) in [7, 11) is 6.51. The summed E-state index contributed by atoms with van der Waals surface area (Å²) in [6.45, 7) is 2.99. The summed E-state index contributed by atoms with van der Waals surface area (Å²) in [5.41, 5.74) is 0. The second-order valence-corrected chi connectivity index (χ2v) is 4.01. The van der Waals surface area contributed by atoms with Crippen LogP contribution < -0.4 is 0 Å². The molecule has 0 aromatic rings. The van der Waals surface area contributed by atoms with Crippen molar-refractivity contribution in [2.45, 2.75) is 25.9 Å². The Morgan fingerprint density at radius 1 is 1.30 bits per heavy atom. The van der Waals surface area contributed by atoms with Crippen LogP contribution in [0.15, 0.2) is 0 Å². The second kappa shape index (κ2) is 3.94. The first kappa shape index (κ1) is 9.92. The lowest BCUT2D eigenvalue weighted by atomic mass is 10.2. The number of nitrogens with zero attached hydrogens (tertiary/aromatic N) is 1. The third kappa shape index (κ3) is 7.92. The van der Waals surface area contributed by atoms with Crippen LogP contribution in [0.1, 0.15) is 19.8 Å². The van der Waals surface area contributed by atoms with E-state index in [-0.39, 0.29) is 6.10 Å². The number of hydrogen-bond acceptors (Lipinski definition) is 1. The predicted molar refractivity (Wildman–Crippen MR) is 43.8 cm³/mol. The lowest BCUT2D eigenvalue weighted by Gasteiger charge is -2.23. The largest absolute Gasteiger partial charge is 0.393 e. The fourth-order valence-corrected chi connectivity index (χ4v) is 0.861. The lowest BCUT2D eigenvalue weighted by Crippen LogP contribution is -2.35. The zero-order valence-corrected chi connectivity index (χ0v) is 7.59. The van der Waals surface area contributed by atoms with E-state index < -0.39 is 0 Å². The van der Waals surface area contributed by atoms with E-state index in [2.05, 4.69) is 21.1 Å². The fourth-order valence-electron chi connectivity index (χ4n) is 0.861. The van der Waals surface area contributed by atoms with E-state index in [0.717, 1.165) is 23.9 Å². The van der Waals surface area contributed by atoms with Crippen molar-refractivity contribution < 1.29 is 9.59 Å². The van der Waals surface area contributed by atoms with E-state index in [9.17, 15) is 0 Å². The van der Waals surface area contributed by atoms with Gasteiger partial charge in [-0.3, -0.25) is 0 Å². The van der Waals surface area contributed by atoms with Crippen molar-refractivity contribution in [3.8, 4) is 0 Å². The fraction of sp³-hybridized carbons (Fsp3) is 1.00. The molecule has 1 atom stereocenters. The lowest BCUT2D eigenvalue weighted by molar-refractivity contribution is -0.870. The van der Waals surface area contributed by atoms with Gasteiger partial charge < -0.3 is 9.59 Å². The van der Waals surface area contributed by atoms with E-state index in [0.29, 0.717) is 0 Å². The number of quaternary nitrogens is 1. The van der Waals surface area contributed by atoms with Crippen molar-refractivity contribution in [3.05, 3.63) is 0 Å². The topological polar surface area (TPSA) is 20.2 Å². The third-order valence-electron chi connectivity index (χ3n) is 1.45.